The van der Waals surface area contributed by atoms with E-state index in [4.69, 9.17) is 11.6 Å². The first-order valence-corrected chi connectivity index (χ1v) is 14.1. The van der Waals surface area contributed by atoms with Gasteiger partial charge in [-0.15, -0.1) is 0 Å². The summed E-state index contributed by atoms with van der Waals surface area (Å²) in [5.41, 5.74) is 3.61. The Kier molecular flexibility index (Phi) is 8.06. The molecule has 1 N–H and O–H groups in total. The van der Waals surface area contributed by atoms with Crippen molar-refractivity contribution in [2.75, 3.05) is 37.0 Å². The van der Waals surface area contributed by atoms with Crippen molar-refractivity contribution in [3.05, 3.63) is 77.8 Å². The maximum atomic E-state index is 15.0. The molecule has 210 valence electrons. The summed E-state index contributed by atoms with van der Waals surface area (Å²) in [6.07, 6.45) is 6.43. The lowest BCUT2D eigenvalue weighted by molar-refractivity contribution is -0.106. The Labute approximate surface area is 240 Å². The van der Waals surface area contributed by atoms with Crippen LogP contribution in [-0.4, -0.2) is 66.6 Å². The zero-order valence-electron chi connectivity index (χ0n) is 23.4. The van der Waals surface area contributed by atoms with E-state index in [1.165, 1.54) is 29.9 Å². The van der Waals surface area contributed by atoms with Gasteiger partial charge in [-0.25, -0.2) is 4.39 Å². The monoisotopic (exact) mass is 562 g/mol. The van der Waals surface area contributed by atoms with Crippen LogP contribution >= 0.6 is 11.6 Å². The fourth-order valence-electron chi connectivity index (χ4n) is 6.16. The van der Waals surface area contributed by atoms with Crippen molar-refractivity contribution in [3.63, 3.8) is 0 Å². The van der Waals surface area contributed by atoms with Gasteiger partial charge in [0.15, 0.2) is 0 Å². The first-order valence-electron chi connectivity index (χ1n) is 13.7. The summed E-state index contributed by atoms with van der Waals surface area (Å²) in [6, 6.07) is 17.3. The number of nitrogens with zero attached hydrogens (tertiary/aromatic N) is 4. The number of anilines is 2. The number of benzene rings is 3. The molecule has 0 aromatic heterocycles. The molecule has 2 atom stereocenters. The first-order chi connectivity index (χ1) is 19.2. The molecule has 2 aliphatic heterocycles. The number of hydrogen-bond acceptors (Lipinski definition) is 5. The molecule has 3 aromatic carbocycles. The molecule has 2 heterocycles. The molecule has 0 spiro atoms. The van der Waals surface area contributed by atoms with Crippen LogP contribution in [0, 0.1) is 5.82 Å². The standard InChI is InChI=1S/C32H36ClFN4O2/c1-21(2)38-26-9-10-27(38)19-37(18-26)25-7-5-6-22(14-25)28-16-24(34)17-29(32(28)40)23-8-11-31(30(33)15-23)36(20-39)13-12-35(3)4/h5-8,11-17,20-21,26-27,40H,9-10,18-19H2,1-4H3/b13-12-. The lowest BCUT2D eigenvalue weighted by atomic mass is 9.96. The van der Waals surface area contributed by atoms with Gasteiger partial charge in [-0.2, -0.15) is 0 Å². The molecule has 3 aromatic rings. The Morgan fingerprint density at radius 2 is 1.62 bits per heavy atom. The Hall–Kier alpha value is -3.55. The van der Waals surface area contributed by atoms with E-state index in [0.717, 1.165) is 24.3 Å². The second kappa shape index (κ2) is 11.5. The Morgan fingerprint density at radius 3 is 2.20 bits per heavy atom. The molecule has 2 fully saturated rings. The van der Waals surface area contributed by atoms with Crippen molar-refractivity contribution in [2.45, 2.75) is 44.8 Å². The average Bonchev–Trinajstić information content (AvgIpc) is 3.20. The first kappa shape index (κ1) is 28.0. The fraction of sp³-hybridized carbons (Fsp3) is 0.344. The molecule has 2 saturated heterocycles. The highest BCUT2D eigenvalue weighted by atomic mass is 35.5. The van der Waals surface area contributed by atoms with Gasteiger partial charge >= 0.3 is 0 Å². The number of rotatable bonds is 8. The minimum atomic E-state index is -0.458. The topological polar surface area (TPSA) is 50.3 Å². The number of phenolic OH excluding ortho intramolecular Hbond substituents is 1. The van der Waals surface area contributed by atoms with E-state index in [1.54, 1.807) is 35.5 Å². The molecular weight excluding hydrogens is 527 g/mol. The van der Waals surface area contributed by atoms with Gasteiger partial charge in [0.2, 0.25) is 6.41 Å². The molecule has 6 nitrogen and oxygen atoms in total. The average molecular weight is 563 g/mol. The molecule has 1 amide bonds. The van der Waals surface area contributed by atoms with E-state index in [9.17, 15) is 14.3 Å². The predicted octanol–water partition coefficient (Wildman–Crippen LogP) is 6.58. The van der Waals surface area contributed by atoms with Gasteiger partial charge in [0.1, 0.15) is 11.6 Å². The Morgan fingerprint density at radius 1 is 0.975 bits per heavy atom. The van der Waals surface area contributed by atoms with Crippen molar-refractivity contribution in [3.8, 4) is 28.0 Å². The third-order valence-electron chi connectivity index (χ3n) is 7.91. The molecule has 2 bridgehead atoms. The summed E-state index contributed by atoms with van der Waals surface area (Å²) in [5, 5.41) is 11.7. The van der Waals surface area contributed by atoms with E-state index in [1.807, 2.05) is 32.3 Å². The van der Waals surface area contributed by atoms with Crippen LogP contribution in [-0.2, 0) is 4.79 Å². The van der Waals surface area contributed by atoms with Gasteiger partial charge in [0.05, 0.1) is 10.7 Å². The minimum absolute atomic E-state index is 0.0215. The van der Waals surface area contributed by atoms with Crippen LogP contribution in [0.15, 0.2) is 67.0 Å². The van der Waals surface area contributed by atoms with E-state index < -0.39 is 5.82 Å². The van der Waals surface area contributed by atoms with Crippen molar-refractivity contribution in [2.24, 2.45) is 0 Å². The van der Waals surface area contributed by atoms with E-state index in [-0.39, 0.29) is 5.75 Å². The molecule has 0 aliphatic carbocycles. The highest BCUT2D eigenvalue weighted by Crippen LogP contribution is 2.42. The van der Waals surface area contributed by atoms with Crippen molar-refractivity contribution in [1.82, 2.24) is 9.80 Å². The van der Waals surface area contributed by atoms with Crippen molar-refractivity contribution in [1.29, 1.82) is 0 Å². The maximum absolute atomic E-state index is 15.0. The molecule has 40 heavy (non-hydrogen) atoms. The van der Waals surface area contributed by atoms with E-state index >= 15 is 0 Å². The van der Waals surface area contributed by atoms with Crippen LogP contribution in [0.4, 0.5) is 15.8 Å². The van der Waals surface area contributed by atoms with Crippen LogP contribution in [0.25, 0.3) is 22.3 Å². The van der Waals surface area contributed by atoms with E-state index in [2.05, 4.69) is 29.7 Å². The summed E-state index contributed by atoms with van der Waals surface area (Å²) >= 11 is 6.55. The van der Waals surface area contributed by atoms with Gasteiger partial charge in [0, 0.05) is 74.5 Å². The fourth-order valence-corrected chi connectivity index (χ4v) is 6.44. The number of phenols is 1. The van der Waals surface area contributed by atoms with Crippen molar-refractivity contribution < 1.29 is 14.3 Å². The van der Waals surface area contributed by atoms with Crippen molar-refractivity contribution >= 4 is 29.4 Å². The quantitative estimate of drug-likeness (QED) is 0.314. The molecule has 0 radical (unpaired) electrons. The normalized spacial score (nSPS) is 19.0. The summed E-state index contributed by atoms with van der Waals surface area (Å²) in [4.78, 5) is 19.9. The number of hydrogen-bond donors (Lipinski definition) is 1. The van der Waals surface area contributed by atoms with Gasteiger partial charge in [-0.1, -0.05) is 29.8 Å². The number of fused-ring (bicyclic) bond motifs is 2. The van der Waals surface area contributed by atoms with Crippen LogP contribution in [0.5, 0.6) is 5.75 Å². The minimum Gasteiger partial charge on any atom is -0.507 e. The Bertz CT molecular complexity index is 1410. The van der Waals surface area contributed by atoms with Crippen LogP contribution in [0.2, 0.25) is 5.02 Å². The molecule has 2 aliphatic rings. The molecular formula is C32H36ClFN4O2. The largest absolute Gasteiger partial charge is 0.507 e. The third kappa shape index (κ3) is 5.54. The highest BCUT2D eigenvalue weighted by molar-refractivity contribution is 6.34. The SMILES string of the molecule is CC(C)N1C2CCC1CN(c1cccc(-c3cc(F)cc(-c4ccc(N(C=O)/C=C\N(C)C)c(Cl)c4)c3O)c1)C2. The van der Waals surface area contributed by atoms with Gasteiger partial charge in [0.25, 0.3) is 0 Å². The van der Waals surface area contributed by atoms with Crippen LogP contribution < -0.4 is 9.80 Å². The van der Waals surface area contributed by atoms with Gasteiger partial charge in [-0.3, -0.25) is 14.6 Å². The number of aromatic hydroxyl groups is 1. The smallest absolute Gasteiger partial charge is 0.218 e. The number of amides is 1. The zero-order chi connectivity index (χ0) is 28.6. The lowest BCUT2D eigenvalue weighted by Gasteiger charge is -2.44. The Balaban J connectivity index is 1.45. The molecule has 0 saturated carbocycles. The van der Waals surface area contributed by atoms with Crippen LogP contribution in [0.1, 0.15) is 26.7 Å². The number of carbonyl (C=O) groups is 1. The summed E-state index contributed by atoms with van der Waals surface area (Å²) < 4.78 is 15.0. The number of piperazine rings is 1. The molecule has 5 rings (SSSR count). The summed E-state index contributed by atoms with van der Waals surface area (Å²) in [6.45, 7) is 6.47. The third-order valence-corrected chi connectivity index (χ3v) is 8.21. The van der Waals surface area contributed by atoms with E-state index in [0.29, 0.717) is 51.9 Å². The molecule has 8 heteroatoms. The zero-order valence-corrected chi connectivity index (χ0v) is 24.1. The second-order valence-electron chi connectivity index (χ2n) is 11.2. The summed E-state index contributed by atoms with van der Waals surface area (Å²) in [5.74, 6) is -0.479. The van der Waals surface area contributed by atoms with Gasteiger partial charge in [-0.05, 0) is 74.2 Å². The predicted molar refractivity (Wildman–Crippen MR) is 161 cm³/mol. The lowest BCUT2D eigenvalue weighted by Crippen LogP contribution is -2.56. The van der Waals surface area contributed by atoms with Crippen LogP contribution in [0.3, 0.4) is 0 Å². The summed E-state index contributed by atoms with van der Waals surface area (Å²) in [7, 11) is 3.70. The number of carbonyl (C=O) groups excluding carboxylic acids is 1. The second-order valence-corrected chi connectivity index (χ2v) is 11.6. The highest BCUT2D eigenvalue weighted by Gasteiger charge is 2.41. The number of halogens is 2. The van der Waals surface area contributed by atoms with Gasteiger partial charge < -0.3 is 14.9 Å². The molecule has 2 unspecified atom stereocenters. The maximum Gasteiger partial charge on any atom is 0.218 e.